The Balaban J connectivity index is 1.61. The molecule has 3 heterocycles. The number of ether oxygens (including phenoxy) is 1. The molecule has 3 aromatic heterocycles. The molecule has 4 rings (SSSR count). The predicted octanol–water partition coefficient (Wildman–Crippen LogP) is 5.45. The molecule has 0 bridgehead atoms. The highest BCUT2D eigenvalue weighted by Crippen LogP contribution is 2.37. The number of thiophene rings is 1. The van der Waals surface area contributed by atoms with Crippen molar-refractivity contribution in [2.75, 3.05) is 16.3 Å². The van der Waals surface area contributed by atoms with E-state index in [0.717, 1.165) is 48.3 Å². The molecule has 0 saturated carbocycles. The number of rotatable bonds is 8. The molecule has 204 valence electrons. The molecule has 4 aromatic rings. The normalized spacial score (nSPS) is 12.2. The van der Waals surface area contributed by atoms with E-state index in [0.29, 0.717) is 15.2 Å². The zero-order chi connectivity index (χ0) is 28.5. The van der Waals surface area contributed by atoms with E-state index in [-0.39, 0.29) is 38.3 Å². The minimum atomic E-state index is -3.56. The van der Waals surface area contributed by atoms with E-state index >= 15 is 0 Å². The second-order valence-corrected chi connectivity index (χ2v) is 12.0. The van der Waals surface area contributed by atoms with E-state index in [1.807, 2.05) is 0 Å². The molecule has 0 aliphatic rings. The van der Waals surface area contributed by atoms with Crippen LogP contribution < -0.4 is 19.5 Å². The van der Waals surface area contributed by atoms with Crippen molar-refractivity contribution in [3.8, 4) is 17.0 Å². The van der Waals surface area contributed by atoms with Gasteiger partial charge in [-0.25, -0.2) is 22.2 Å². The monoisotopic (exact) mass is 594 g/mol. The lowest BCUT2D eigenvalue weighted by Crippen LogP contribution is -2.27. The van der Waals surface area contributed by atoms with Crippen molar-refractivity contribution in [3.63, 3.8) is 0 Å². The standard InChI is InChI=1S/C25H21ClF2N4O5S2/c1-13(15-4-18(28)12-32(34)11-15)37-22-7-17(27)10-29-24(22)21-9-23(38-14(21)2)25(33)30-19-5-16(26)6-20(8-19)31-39(3,35)36/h4-13,31H,1-3H3,(H,30,33)/t13-/m1/s1. The molecule has 0 saturated heterocycles. The minimum absolute atomic E-state index is 0.0309. The van der Waals surface area contributed by atoms with Gasteiger partial charge in [0, 0.05) is 27.2 Å². The van der Waals surface area contributed by atoms with Gasteiger partial charge in [-0.2, -0.15) is 4.73 Å². The smallest absolute Gasteiger partial charge is 0.265 e. The zero-order valence-corrected chi connectivity index (χ0v) is 23.0. The summed E-state index contributed by atoms with van der Waals surface area (Å²) in [6, 6.07) is 8.08. The van der Waals surface area contributed by atoms with Crippen LogP contribution in [0, 0.1) is 23.8 Å². The number of nitrogens with one attached hydrogen (secondary N) is 2. The second kappa shape index (κ2) is 11.1. The average Bonchev–Trinajstić information content (AvgIpc) is 3.18. The first-order valence-electron chi connectivity index (χ1n) is 11.2. The van der Waals surface area contributed by atoms with Gasteiger partial charge >= 0.3 is 0 Å². The van der Waals surface area contributed by atoms with E-state index in [2.05, 4.69) is 15.0 Å². The number of aryl methyl sites for hydroxylation is 1. The lowest BCUT2D eigenvalue weighted by molar-refractivity contribution is -0.607. The maximum atomic E-state index is 14.1. The van der Waals surface area contributed by atoms with Gasteiger partial charge in [-0.3, -0.25) is 9.52 Å². The predicted molar refractivity (Wildman–Crippen MR) is 145 cm³/mol. The summed E-state index contributed by atoms with van der Waals surface area (Å²) in [4.78, 5) is 18.1. The van der Waals surface area contributed by atoms with E-state index in [1.54, 1.807) is 19.9 Å². The van der Waals surface area contributed by atoms with Gasteiger partial charge in [0.15, 0.2) is 12.0 Å². The van der Waals surface area contributed by atoms with E-state index in [9.17, 15) is 27.2 Å². The highest BCUT2D eigenvalue weighted by atomic mass is 35.5. The van der Waals surface area contributed by atoms with Crippen LogP contribution in [0.4, 0.5) is 20.2 Å². The Morgan fingerprint density at radius 3 is 2.54 bits per heavy atom. The number of carbonyl (C=O) groups excluding carboxylic acids is 1. The molecule has 0 spiro atoms. The fourth-order valence-corrected chi connectivity index (χ4v) is 5.39. The van der Waals surface area contributed by atoms with E-state index in [1.165, 1.54) is 18.2 Å². The van der Waals surface area contributed by atoms with Gasteiger partial charge in [0.05, 0.1) is 28.6 Å². The summed E-state index contributed by atoms with van der Waals surface area (Å²) >= 11 is 7.22. The molecule has 9 nitrogen and oxygen atoms in total. The fourth-order valence-electron chi connectivity index (χ4n) is 3.69. The number of hydrogen-bond acceptors (Lipinski definition) is 7. The Hall–Kier alpha value is -3.81. The zero-order valence-electron chi connectivity index (χ0n) is 20.7. The number of pyridine rings is 2. The van der Waals surface area contributed by atoms with Crippen LogP contribution in [-0.4, -0.2) is 25.6 Å². The van der Waals surface area contributed by atoms with E-state index < -0.39 is 33.7 Å². The minimum Gasteiger partial charge on any atom is -0.619 e. The largest absolute Gasteiger partial charge is 0.619 e. The number of aromatic nitrogens is 2. The third-order valence-corrected chi connectivity index (χ3v) is 7.15. The molecule has 0 unspecified atom stereocenters. The SMILES string of the molecule is Cc1sc(C(=O)Nc2cc(Cl)cc(NS(C)(=O)=O)c2)cc1-c1ncc(F)cc1O[C@H](C)c1cc(F)c[n+]([O-])c1. The number of amides is 1. The Labute approximate surface area is 231 Å². The van der Waals surface area contributed by atoms with Gasteiger partial charge in [-0.1, -0.05) is 11.6 Å². The highest BCUT2D eigenvalue weighted by molar-refractivity contribution is 7.92. The van der Waals surface area contributed by atoms with Crippen LogP contribution in [-0.2, 0) is 10.0 Å². The first-order chi connectivity index (χ1) is 18.3. The third-order valence-electron chi connectivity index (χ3n) is 5.28. The molecule has 0 radical (unpaired) electrons. The third kappa shape index (κ3) is 7.19. The van der Waals surface area contributed by atoms with Gasteiger partial charge in [-0.15, -0.1) is 11.3 Å². The number of sulfonamides is 1. The number of hydrogen-bond donors (Lipinski definition) is 2. The Bertz CT molecular complexity index is 1660. The van der Waals surface area contributed by atoms with Crippen LogP contribution in [0.25, 0.3) is 11.3 Å². The molecule has 1 atom stereocenters. The molecule has 1 amide bonds. The number of nitrogens with zero attached hydrogens (tertiary/aromatic N) is 2. The van der Waals surface area contributed by atoms with Gasteiger partial charge in [0.25, 0.3) is 5.91 Å². The quantitative estimate of drug-likeness (QED) is 0.207. The lowest BCUT2D eigenvalue weighted by atomic mass is 10.1. The van der Waals surface area contributed by atoms with Gasteiger partial charge in [0.2, 0.25) is 16.2 Å². The van der Waals surface area contributed by atoms with Crippen LogP contribution >= 0.6 is 22.9 Å². The molecule has 39 heavy (non-hydrogen) atoms. The summed E-state index contributed by atoms with van der Waals surface area (Å²) in [6.45, 7) is 3.32. The van der Waals surface area contributed by atoms with Crippen molar-refractivity contribution < 1.29 is 31.5 Å². The number of benzene rings is 1. The van der Waals surface area contributed by atoms with Gasteiger partial charge in [0.1, 0.15) is 23.4 Å². The van der Waals surface area contributed by atoms with Crippen molar-refractivity contribution in [3.05, 3.63) is 92.2 Å². The summed E-state index contributed by atoms with van der Waals surface area (Å²) in [6.07, 6.45) is 3.06. The Kier molecular flexibility index (Phi) is 8.04. The van der Waals surface area contributed by atoms with Crippen molar-refractivity contribution >= 4 is 50.2 Å². The van der Waals surface area contributed by atoms with Crippen LogP contribution in [0.15, 0.2) is 55.0 Å². The molecular weight excluding hydrogens is 574 g/mol. The first kappa shape index (κ1) is 28.2. The second-order valence-electron chi connectivity index (χ2n) is 8.55. The molecule has 0 aliphatic carbocycles. The van der Waals surface area contributed by atoms with Crippen LogP contribution in [0.2, 0.25) is 5.02 Å². The Morgan fingerprint density at radius 1 is 1.13 bits per heavy atom. The summed E-state index contributed by atoms with van der Waals surface area (Å²) in [7, 11) is -3.56. The summed E-state index contributed by atoms with van der Waals surface area (Å²) in [5, 5.41) is 14.5. The van der Waals surface area contributed by atoms with Crippen LogP contribution in [0.3, 0.4) is 0 Å². The average molecular weight is 595 g/mol. The van der Waals surface area contributed by atoms with Crippen molar-refractivity contribution in [1.82, 2.24) is 4.98 Å². The van der Waals surface area contributed by atoms with Crippen molar-refractivity contribution in [2.45, 2.75) is 20.0 Å². The lowest BCUT2D eigenvalue weighted by Gasteiger charge is -2.17. The summed E-state index contributed by atoms with van der Waals surface area (Å²) < 4.78 is 59.4. The molecule has 1 aromatic carbocycles. The maximum absolute atomic E-state index is 14.1. The van der Waals surface area contributed by atoms with Crippen LogP contribution in [0.5, 0.6) is 5.75 Å². The maximum Gasteiger partial charge on any atom is 0.265 e. The number of anilines is 2. The van der Waals surface area contributed by atoms with E-state index in [4.69, 9.17) is 16.3 Å². The van der Waals surface area contributed by atoms with Gasteiger partial charge < -0.3 is 15.3 Å². The summed E-state index contributed by atoms with van der Waals surface area (Å²) in [5.41, 5.74) is 1.40. The first-order valence-corrected chi connectivity index (χ1v) is 14.3. The van der Waals surface area contributed by atoms with Crippen molar-refractivity contribution in [2.24, 2.45) is 0 Å². The fraction of sp³-hybridized carbons (Fsp3) is 0.160. The molecular formula is C25H21ClF2N4O5S2. The summed E-state index contributed by atoms with van der Waals surface area (Å²) in [5.74, 6) is -1.90. The number of halogens is 3. The highest BCUT2D eigenvalue weighted by Gasteiger charge is 2.21. The Morgan fingerprint density at radius 2 is 1.85 bits per heavy atom. The molecule has 0 fully saturated rings. The van der Waals surface area contributed by atoms with Crippen LogP contribution in [0.1, 0.15) is 33.1 Å². The van der Waals surface area contributed by atoms with Gasteiger partial charge in [-0.05, 0) is 44.2 Å². The van der Waals surface area contributed by atoms with Crippen molar-refractivity contribution in [1.29, 1.82) is 0 Å². The molecule has 0 aliphatic heterocycles. The topological polar surface area (TPSA) is 124 Å². The number of carbonyl (C=O) groups is 1. The molecule has 2 N–H and O–H groups in total. The molecule has 14 heteroatoms.